The van der Waals surface area contributed by atoms with Crippen LogP contribution in [0, 0.1) is 0 Å². The van der Waals surface area contributed by atoms with Crippen molar-refractivity contribution in [3.63, 3.8) is 0 Å². The summed E-state index contributed by atoms with van der Waals surface area (Å²) in [4.78, 5) is 7.53. The van der Waals surface area contributed by atoms with Crippen LogP contribution in [0.3, 0.4) is 0 Å². The van der Waals surface area contributed by atoms with Crippen LogP contribution in [0.5, 0.6) is 0 Å². The Morgan fingerprint density at radius 1 is 1.11 bits per heavy atom. The molecule has 1 radical (unpaired) electrons. The van der Waals surface area contributed by atoms with Crippen LogP contribution in [0.1, 0.15) is 26.2 Å². The molecule has 0 saturated carbocycles. The minimum Gasteiger partial charge on any atom is -0.741 e. The molecule has 0 atom stereocenters. The van der Waals surface area contributed by atoms with Gasteiger partial charge in [-0.2, -0.15) is 10.2 Å². The molecular formula is C10H18CuN6S2. The van der Waals surface area contributed by atoms with E-state index < -0.39 is 0 Å². The molecule has 0 spiro atoms. The first-order chi connectivity index (χ1) is 8.63. The van der Waals surface area contributed by atoms with Crippen molar-refractivity contribution in [2.45, 2.75) is 26.2 Å². The molecule has 0 saturated heterocycles. The topological polar surface area (TPSA) is 73.5 Å². The number of hydrogen-bond donors (Lipinski definition) is 2. The second kappa shape index (κ2) is 13.7. The van der Waals surface area contributed by atoms with E-state index in [9.17, 15) is 0 Å². The van der Waals surface area contributed by atoms with Gasteiger partial charge in [0.05, 0.1) is 11.9 Å². The van der Waals surface area contributed by atoms with Gasteiger partial charge in [-0.05, 0) is 23.2 Å². The van der Waals surface area contributed by atoms with E-state index in [0.717, 1.165) is 25.0 Å². The van der Waals surface area contributed by atoms with Crippen molar-refractivity contribution in [2.24, 2.45) is 20.2 Å². The molecular weight excluding hydrogens is 332 g/mol. The minimum absolute atomic E-state index is 0. The zero-order valence-corrected chi connectivity index (χ0v) is 13.7. The third-order valence-electron chi connectivity index (χ3n) is 1.86. The van der Waals surface area contributed by atoms with Gasteiger partial charge in [0.15, 0.2) is 0 Å². The largest absolute Gasteiger partial charge is 2.00 e. The van der Waals surface area contributed by atoms with Gasteiger partial charge in [-0.15, -0.1) is 0 Å². The Hall–Kier alpha value is -0.761. The van der Waals surface area contributed by atoms with Crippen LogP contribution in [0.2, 0.25) is 0 Å². The van der Waals surface area contributed by atoms with Gasteiger partial charge in [0.25, 0.3) is 0 Å². The van der Waals surface area contributed by atoms with Crippen molar-refractivity contribution in [3.8, 4) is 0 Å². The van der Waals surface area contributed by atoms with Crippen molar-refractivity contribution in [2.75, 3.05) is 14.1 Å². The molecule has 0 bridgehead atoms. The third-order valence-corrected chi connectivity index (χ3v) is 2.41. The number of amidine groups is 2. The molecule has 0 aliphatic carbocycles. The summed E-state index contributed by atoms with van der Waals surface area (Å²) in [5, 5.41) is 8.73. The van der Waals surface area contributed by atoms with Crippen molar-refractivity contribution >= 4 is 47.5 Å². The van der Waals surface area contributed by atoms with E-state index in [0.29, 0.717) is 10.3 Å². The van der Waals surface area contributed by atoms with Crippen molar-refractivity contribution in [3.05, 3.63) is 0 Å². The first-order valence-corrected chi connectivity index (χ1v) is 6.34. The summed E-state index contributed by atoms with van der Waals surface area (Å²) in [5.41, 5.74) is 6.05. The SMILES string of the molecule is CCCCC(/C=N\NC([S-])=NC)=N/NC([S-])=NC.[Cu+2]. The molecule has 111 valence electrons. The van der Waals surface area contributed by atoms with Crippen LogP contribution in [-0.4, -0.2) is 36.4 Å². The zero-order valence-electron chi connectivity index (χ0n) is 11.1. The van der Waals surface area contributed by atoms with E-state index in [4.69, 9.17) is 25.3 Å². The summed E-state index contributed by atoms with van der Waals surface area (Å²) in [6.07, 6.45) is 4.49. The third kappa shape index (κ3) is 12.0. The van der Waals surface area contributed by atoms with Gasteiger partial charge in [0.1, 0.15) is 0 Å². The van der Waals surface area contributed by atoms with Gasteiger partial charge in [-0.1, -0.05) is 13.3 Å². The Morgan fingerprint density at radius 3 is 2.21 bits per heavy atom. The van der Waals surface area contributed by atoms with Crippen LogP contribution in [0.15, 0.2) is 20.2 Å². The Morgan fingerprint density at radius 2 is 1.68 bits per heavy atom. The van der Waals surface area contributed by atoms with E-state index in [1.807, 2.05) is 0 Å². The second-order valence-corrected chi connectivity index (χ2v) is 4.02. The fraction of sp³-hybridized carbons (Fsp3) is 0.600. The monoisotopic (exact) mass is 349 g/mol. The molecule has 0 rings (SSSR count). The number of aliphatic imine (C=N–C) groups is 2. The first kappa shape index (κ1) is 20.6. The Labute approximate surface area is 136 Å². The Bertz CT molecular complexity index is 354. The molecule has 0 aliphatic rings. The Kier molecular flexibility index (Phi) is 14.8. The van der Waals surface area contributed by atoms with Gasteiger partial charge in [-0.3, -0.25) is 20.8 Å². The molecule has 0 aromatic heterocycles. The molecule has 0 aliphatic heterocycles. The fourth-order valence-electron chi connectivity index (χ4n) is 0.889. The molecule has 6 nitrogen and oxygen atoms in total. The number of unbranched alkanes of at least 4 members (excludes halogenated alkanes) is 1. The molecule has 0 aromatic carbocycles. The van der Waals surface area contributed by atoms with E-state index >= 15 is 0 Å². The van der Waals surface area contributed by atoms with Crippen molar-refractivity contribution in [1.29, 1.82) is 0 Å². The van der Waals surface area contributed by atoms with Crippen molar-refractivity contribution < 1.29 is 17.1 Å². The molecule has 0 amide bonds. The molecule has 0 unspecified atom stereocenters. The normalized spacial score (nSPS) is 13.3. The van der Waals surface area contributed by atoms with Gasteiger partial charge in [0, 0.05) is 14.1 Å². The molecule has 0 fully saturated rings. The smallest absolute Gasteiger partial charge is 0.741 e. The first-order valence-electron chi connectivity index (χ1n) is 5.53. The maximum absolute atomic E-state index is 4.88. The Balaban J connectivity index is 0. The average Bonchev–Trinajstić information content (AvgIpc) is 2.40. The fourth-order valence-corrected chi connectivity index (χ4v) is 0.987. The quantitative estimate of drug-likeness (QED) is 0.244. The summed E-state index contributed by atoms with van der Waals surface area (Å²) in [6, 6.07) is 0. The summed E-state index contributed by atoms with van der Waals surface area (Å²) in [6.45, 7) is 2.11. The van der Waals surface area contributed by atoms with Crippen LogP contribution in [0.25, 0.3) is 0 Å². The average molecular weight is 350 g/mol. The van der Waals surface area contributed by atoms with Crippen LogP contribution >= 0.6 is 0 Å². The number of hydrazone groups is 2. The second-order valence-electron chi connectivity index (χ2n) is 3.25. The minimum atomic E-state index is 0. The molecule has 19 heavy (non-hydrogen) atoms. The molecule has 2 N–H and O–H groups in total. The summed E-state index contributed by atoms with van der Waals surface area (Å²) in [7, 11) is 3.20. The predicted molar refractivity (Wildman–Crippen MR) is 83.2 cm³/mol. The van der Waals surface area contributed by atoms with Crippen LogP contribution in [0.4, 0.5) is 0 Å². The van der Waals surface area contributed by atoms with E-state index in [2.05, 4.69) is 38.0 Å². The summed E-state index contributed by atoms with van der Waals surface area (Å²) < 4.78 is 0. The van der Waals surface area contributed by atoms with E-state index in [1.165, 1.54) is 0 Å². The standard InChI is InChI=1S/C10H20N6S2.Cu/c1-4-5-6-8(14-16-10(18)12-3)7-13-15-9(17)11-2;/h7H,4-6H2,1-3H3,(H2,11,15,17)(H2,12,16,18);/q;+2/p-2/b13-7-,14-8-;. The van der Waals surface area contributed by atoms with Gasteiger partial charge < -0.3 is 25.3 Å². The number of rotatable bonds is 6. The van der Waals surface area contributed by atoms with Gasteiger partial charge >= 0.3 is 17.1 Å². The molecule has 9 heteroatoms. The van der Waals surface area contributed by atoms with E-state index in [-0.39, 0.29) is 17.1 Å². The van der Waals surface area contributed by atoms with Crippen LogP contribution in [-0.2, 0) is 42.3 Å². The zero-order chi connectivity index (χ0) is 13.8. The van der Waals surface area contributed by atoms with Crippen LogP contribution < -0.4 is 10.9 Å². The molecule has 0 aromatic rings. The summed E-state index contributed by atoms with van der Waals surface area (Å²) in [5.74, 6) is 0. The number of nitrogens with one attached hydrogen (secondary N) is 2. The van der Waals surface area contributed by atoms with Gasteiger partial charge in [-0.25, -0.2) is 0 Å². The van der Waals surface area contributed by atoms with Crippen molar-refractivity contribution in [1.82, 2.24) is 10.9 Å². The molecule has 0 heterocycles. The summed E-state index contributed by atoms with van der Waals surface area (Å²) >= 11 is 9.72. The van der Waals surface area contributed by atoms with E-state index in [1.54, 1.807) is 20.3 Å². The van der Waals surface area contributed by atoms with Gasteiger partial charge in [0.2, 0.25) is 0 Å². The maximum atomic E-state index is 4.88. The maximum Gasteiger partial charge on any atom is 2.00 e. The number of hydrogen-bond acceptors (Lipinski definition) is 6. The predicted octanol–water partition coefficient (Wildman–Crippen LogP) is 0.761. The number of nitrogens with zero attached hydrogens (tertiary/aromatic N) is 4.